The molecule has 1 heterocycles. The Balaban J connectivity index is 1.56. The molecular weight excluding hydrogens is 464 g/mol. The summed E-state index contributed by atoms with van der Waals surface area (Å²) in [6.45, 7) is -0.250. The number of carbonyl (C=O) groups excluding carboxylic acids is 3. The number of hydrogen-bond donors (Lipinski definition) is 0. The molecule has 186 valence electrons. The molecule has 4 rings (SSSR count). The van der Waals surface area contributed by atoms with Crippen LogP contribution in [0.1, 0.15) is 37.5 Å². The summed E-state index contributed by atoms with van der Waals surface area (Å²) < 4.78 is 28.3. The van der Waals surface area contributed by atoms with E-state index < -0.39 is 42.5 Å². The zero-order valence-electron chi connectivity index (χ0n) is 19.6. The van der Waals surface area contributed by atoms with Crippen LogP contribution in [-0.4, -0.2) is 56.2 Å². The van der Waals surface area contributed by atoms with E-state index in [1.54, 1.807) is 91.0 Å². The predicted octanol–water partition coefficient (Wildman–Crippen LogP) is 4.06. The molecule has 36 heavy (non-hydrogen) atoms. The Bertz CT molecular complexity index is 1150. The molecule has 0 N–H and O–H groups in total. The summed E-state index contributed by atoms with van der Waals surface area (Å²) in [5, 5.41) is 0. The van der Waals surface area contributed by atoms with Crippen LogP contribution in [0.2, 0.25) is 0 Å². The number of esters is 3. The summed E-state index contributed by atoms with van der Waals surface area (Å²) in [7, 11) is 1.45. The lowest BCUT2D eigenvalue weighted by molar-refractivity contribution is -0.248. The van der Waals surface area contributed by atoms with Crippen molar-refractivity contribution >= 4 is 17.9 Å². The number of rotatable bonds is 8. The Morgan fingerprint density at radius 3 is 1.69 bits per heavy atom. The van der Waals surface area contributed by atoms with Crippen molar-refractivity contribution < 1.29 is 38.1 Å². The summed E-state index contributed by atoms with van der Waals surface area (Å²) in [6, 6.07) is 25.4. The van der Waals surface area contributed by atoms with Gasteiger partial charge in [0, 0.05) is 13.5 Å². The van der Waals surface area contributed by atoms with Crippen LogP contribution in [0.15, 0.2) is 91.0 Å². The monoisotopic (exact) mass is 490 g/mol. The average molecular weight is 491 g/mol. The van der Waals surface area contributed by atoms with Gasteiger partial charge in [-0.05, 0) is 36.4 Å². The fourth-order valence-electron chi connectivity index (χ4n) is 3.81. The van der Waals surface area contributed by atoms with Crippen molar-refractivity contribution in [3.05, 3.63) is 108 Å². The second-order valence-corrected chi connectivity index (χ2v) is 8.09. The molecule has 1 aliphatic rings. The van der Waals surface area contributed by atoms with Crippen LogP contribution in [-0.2, 0) is 23.7 Å². The van der Waals surface area contributed by atoms with Gasteiger partial charge in [0.05, 0.1) is 16.7 Å². The zero-order valence-corrected chi connectivity index (χ0v) is 19.6. The van der Waals surface area contributed by atoms with E-state index in [0.717, 1.165) is 0 Å². The zero-order chi connectivity index (χ0) is 25.3. The average Bonchev–Trinajstić information content (AvgIpc) is 2.94. The molecule has 3 aromatic carbocycles. The minimum Gasteiger partial charge on any atom is -0.459 e. The molecule has 3 aromatic rings. The lowest BCUT2D eigenvalue weighted by atomic mass is 10.0. The third-order valence-corrected chi connectivity index (χ3v) is 5.66. The molecule has 0 unspecified atom stereocenters. The molecule has 0 bridgehead atoms. The Labute approximate surface area is 208 Å². The molecule has 1 fully saturated rings. The van der Waals surface area contributed by atoms with E-state index in [2.05, 4.69) is 0 Å². The molecule has 8 nitrogen and oxygen atoms in total. The molecule has 0 aromatic heterocycles. The van der Waals surface area contributed by atoms with Crippen LogP contribution in [0, 0.1) is 0 Å². The Kier molecular flexibility index (Phi) is 8.44. The van der Waals surface area contributed by atoms with Crippen molar-refractivity contribution in [1.29, 1.82) is 0 Å². The first kappa shape index (κ1) is 25.1. The number of benzene rings is 3. The summed E-state index contributed by atoms with van der Waals surface area (Å²) in [5.41, 5.74) is 1.03. The minimum atomic E-state index is -1.06. The smallest absolute Gasteiger partial charge is 0.338 e. The van der Waals surface area contributed by atoms with Crippen LogP contribution in [0.5, 0.6) is 0 Å². The molecule has 0 radical (unpaired) electrons. The van der Waals surface area contributed by atoms with E-state index in [4.69, 9.17) is 23.7 Å². The van der Waals surface area contributed by atoms with Gasteiger partial charge in [0.2, 0.25) is 0 Å². The van der Waals surface area contributed by atoms with E-state index in [1.807, 2.05) is 0 Å². The van der Waals surface area contributed by atoms with Crippen molar-refractivity contribution in [2.45, 2.75) is 31.0 Å². The first-order chi connectivity index (χ1) is 17.5. The van der Waals surface area contributed by atoms with E-state index in [0.29, 0.717) is 16.7 Å². The fourth-order valence-corrected chi connectivity index (χ4v) is 3.81. The van der Waals surface area contributed by atoms with Gasteiger partial charge in [-0.15, -0.1) is 0 Å². The van der Waals surface area contributed by atoms with Gasteiger partial charge >= 0.3 is 17.9 Å². The van der Waals surface area contributed by atoms with Gasteiger partial charge in [0.25, 0.3) is 0 Å². The second-order valence-electron chi connectivity index (χ2n) is 8.09. The highest BCUT2D eigenvalue weighted by molar-refractivity contribution is 5.90. The van der Waals surface area contributed by atoms with Gasteiger partial charge in [-0.2, -0.15) is 0 Å². The van der Waals surface area contributed by atoms with E-state index in [1.165, 1.54) is 7.11 Å². The molecule has 8 heteroatoms. The van der Waals surface area contributed by atoms with Crippen molar-refractivity contribution in [2.24, 2.45) is 0 Å². The lowest BCUT2D eigenvalue weighted by Crippen LogP contribution is -2.54. The van der Waals surface area contributed by atoms with Crippen LogP contribution in [0.4, 0.5) is 0 Å². The first-order valence-electron chi connectivity index (χ1n) is 11.5. The third-order valence-electron chi connectivity index (χ3n) is 5.66. The molecule has 0 amide bonds. The van der Waals surface area contributed by atoms with Crippen LogP contribution < -0.4 is 0 Å². The molecule has 1 saturated heterocycles. The van der Waals surface area contributed by atoms with Gasteiger partial charge in [-0.1, -0.05) is 54.6 Å². The largest absolute Gasteiger partial charge is 0.459 e. The van der Waals surface area contributed by atoms with Gasteiger partial charge in [0.15, 0.2) is 12.4 Å². The molecule has 0 saturated carbocycles. The maximum Gasteiger partial charge on any atom is 0.338 e. The maximum absolute atomic E-state index is 12.9. The Morgan fingerprint density at radius 1 is 0.722 bits per heavy atom. The Morgan fingerprint density at radius 2 is 1.19 bits per heavy atom. The molecule has 4 atom stereocenters. The topological polar surface area (TPSA) is 97.4 Å². The Hall–Kier alpha value is -4.01. The maximum atomic E-state index is 12.9. The van der Waals surface area contributed by atoms with Crippen molar-refractivity contribution in [1.82, 2.24) is 0 Å². The van der Waals surface area contributed by atoms with Gasteiger partial charge in [-0.3, -0.25) is 0 Å². The van der Waals surface area contributed by atoms with Gasteiger partial charge < -0.3 is 23.7 Å². The highest BCUT2D eigenvalue weighted by atomic mass is 16.7. The molecular formula is C28H26O8. The first-order valence-corrected chi connectivity index (χ1v) is 11.5. The summed E-state index contributed by atoms with van der Waals surface area (Å²) in [6.07, 6.45) is -3.57. The van der Waals surface area contributed by atoms with E-state index in [9.17, 15) is 14.4 Å². The van der Waals surface area contributed by atoms with E-state index >= 15 is 0 Å². The third kappa shape index (κ3) is 6.35. The predicted molar refractivity (Wildman–Crippen MR) is 128 cm³/mol. The number of methoxy groups -OCH3 is 1. The van der Waals surface area contributed by atoms with Crippen molar-refractivity contribution in [2.75, 3.05) is 13.7 Å². The summed E-state index contributed by atoms with van der Waals surface area (Å²) >= 11 is 0. The minimum absolute atomic E-state index is 0.116. The van der Waals surface area contributed by atoms with Crippen LogP contribution in [0.25, 0.3) is 0 Å². The summed E-state index contributed by atoms with van der Waals surface area (Å²) in [5.74, 6) is -1.77. The lowest BCUT2D eigenvalue weighted by Gasteiger charge is -2.39. The normalized spacial score (nSPS) is 21.2. The van der Waals surface area contributed by atoms with Crippen molar-refractivity contribution in [3.8, 4) is 0 Å². The van der Waals surface area contributed by atoms with Gasteiger partial charge in [-0.25, -0.2) is 14.4 Å². The standard InChI is InChI=1S/C28H26O8/c1-32-24-17-22(35-27(30)20-13-7-3-8-14-20)25(36-28(31)21-15-9-4-10-16-21)23(34-24)18-33-26(29)19-11-5-2-6-12-19/h2-16,22-25H,17-18H2,1H3/t22-,23-,24+,25-/m1/s1. The number of carbonyl (C=O) groups is 3. The number of hydrogen-bond acceptors (Lipinski definition) is 8. The highest BCUT2D eigenvalue weighted by Crippen LogP contribution is 2.28. The van der Waals surface area contributed by atoms with Crippen LogP contribution >= 0.6 is 0 Å². The molecule has 0 aliphatic carbocycles. The van der Waals surface area contributed by atoms with Crippen molar-refractivity contribution in [3.63, 3.8) is 0 Å². The second kappa shape index (κ2) is 12.1. The van der Waals surface area contributed by atoms with E-state index in [-0.39, 0.29) is 13.0 Å². The molecule has 1 aliphatic heterocycles. The van der Waals surface area contributed by atoms with Gasteiger partial charge in [0.1, 0.15) is 18.8 Å². The molecule has 0 spiro atoms. The SMILES string of the molecule is CO[C@@H]1C[C@@H](OC(=O)c2ccccc2)[C@@H](OC(=O)c2ccccc2)[C@@H](COC(=O)c2ccccc2)O1. The van der Waals surface area contributed by atoms with Crippen LogP contribution in [0.3, 0.4) is 0 Å². The fraction of sp³-hybridized carbons (Fsp3) is 0.250. The summed E-state index contributed by atoms with van der Waals surface area (Å²) in [4.78, 5) is 38.3. The highest BCUT2D eigenvalue weighted by Gasteiger charge is 2.44. The number of ether oxygens (including phenoxy) is 5. The quantitative estimate of drug-likeness (QED) is 0.345.